The van der Waals surface area contributed by atoms with Crippen LogP contribution in [-0.2, 0) is 11.2 Å². The predicted octanol–water partition coefficient (Wildman–Crippen LogP) is 3.26. The Morgan fingerprint density at radius 1 is 1.17 bits per heavy atom. The molecule has 0 aliphatic rings. The lowest BCUT2D eigenvalue weighted by Gasteiger charge is -2.30. The molecular formula is C14H21FO2Si. The number of carboxylic acids is 1. The molecule has 0 radical (unpaired) electrons. The summed E-state index contributed by atoms with van der Waals surface area (Å²) in [4.78, 5) is 10.6. The van der Waals surface area contributed by atoms with Gasteiger partial charge in [0.25, 0.3) is 8.41 Å². The SMILES string of the molecule is CC(C)[Si](F)(c1ccc(CC(=O)O)cc1)C(C)C. The van der Waals surface area contributed by atoms with E-state index in [4.69, 9.17) is 5.11 Å². The molecule has 1 N–H and O–H groups in total. The molecule has 2 nitrogen and oxygen atoms in total. The monoisotopic (exact) mass is 268 g/mol. The van der Waals surface area contributed by atoms with E-state index < -0.39 is 14.4 Å². The fraction of sp³-hybridized carbons (Fsp3) is 0.500. The molecule has 18 heavy (non-hydrogen) atoms. The first-order valence-corrected chi connectivity index (χ1v) is 8.31. The van der Waals surface area contributed by atoms with Crippen LogP contribution in [0.4, 0.5) is 4.11 Å². The lowest BCUT2D eigenvalue weighted by molar-refractivity contribution is -0.136. The van der Waals surface area contributed by atoms with Gasteiger partial charge in [0.1, 0.15) is 0 Å². The number of halogens is 1. The lowest BCUT2D eigenvalue weighted by atomic mass is 10.2. The Labute approximate surface area is 109 Å². The van der Waals surface area contributed by atoms with Crippen LogP contribution >= 0.6 is 0 Å². The second kappa shape index (κ2) is 5.65. The zero-order valence-corrected chi connectivity index (χ0v) is 12.4. The summed E-state index contributed by atoms with van der Waals surface area (Å²) < 4.78 is 15.2. The topological polar surface area (TPSA) is 37.3 Å². The first-order valence-electron chi connectivity index (χ1n) is 6.28. The van der Waals surface area contributed by atoms with Gasteiger partial charge in [-0.3, -0.25) is 4.79 Å². The summed E-state index contributed by atoms with van der Waals surface area (Å²) in [6, 6.07) is 7.00. The number of aliphatic carboxylic acids is 1. The zero-order chi connectivity index (χ0) is 13.9. The number of benzene rings is 1. The number of carbonyl (C=O) groups is 1. The van der Waals surface area contributed by atoms with E-state index in [9.17, 15) is 4.79 Å². The van der Waals surface area contributed by atoms with Gasteiger partial charge >= 0.3 is 5.97 Å². The van der Waals surface area contributed by atoms with Gasteiger partial charge in [-0.2, -0.15) is 0 Å². The van der Waals surface area contributed by atoms with Crippen LogP contribution in [0.25, 0.3) is 0 Å². The van der Waals surface area contributed by atoms with Gasteiger partial charge in [-0.15, -0.1) is 0 Å². The van der Waals surface area contributed by atoms with E-state index in [1.54, 1.807) is 24.3 Å². The Hall–Kier alpha value is -1.16. The van der Waals surface area contributed by atoms with E-state index in [-0.39, 0.29) is 17.5 Å². The molecule has 0 atom stereocenters. The first kappa shape index (κ1) is 14.9. The Morgan fingerprint density at radius 2 is 1.61 bits per heavy atom. The van der Waals surface area contributed by atoms with Crippen LogP contribution in [0.3, 0.4) is 0 Å². The summed E-state index contributed by atoms with van der Waals surface area (Å²) in [5.41, 5.74) is 0.751. The van der Waals surface area contributed by atoms with Gasteiger partial charge in [-0.1, -0.05) is 52.0 Å². The van der Waals surface area contributed by atoms with Crippen LogP contribution in [0.5, 0.6) is 0 Å². The molecule has 1 aromatic carbocycles. The highest BCUT2D eigenvalue weighted by atomic mass is 28.4. The summed E-state index contributed by atoms with van der Waals surface area (Å²) in [5.74, 6) is -0.862. The smallest absolute Gasteiger partial charge is 0.307 e. The second-order valence-electron chi connectivity index (χ2n) is 5.34. The molecule has 0 aliphatic heterocycles. The summed E-state index contributed by atoms with van der Waals surface area (Å²) in [5, 5.41) is 9.47. The average molecular weight is 268 g/mol. The Morgan fingerprint density at radius 3 is 1.94 bits per heavy atom. The van der Waals surface area contributed by atoms with Crippen molar-refractivity contribution in [1.82, 2.24) is 0 Å². The van der Waals surface area contributed by atoms with E-state index in [0.29, 0.717) is 0 Å². The van der Waals surface area contributed by atoms with Crippen molar-refractivity contribution in [3.8, 4) is 0 Å². The summed E-state index contributed by atoms with van der Waals surface area (Å²) in [7, 11) is -2.99. The Balaban J connectivity index is 3.05. The van der Waals surface area contributed by atoms with Gasteiger partial charge in [-0.05, 0) is 21.8 Å². The minimum atomic E-state index is -2.99. The Kier molecular flexibility index (Phi) is 4.68. The van der Waals surface area contributed by atoms with E-state index in [2.05, 4.69) is 0 Å². The van der Waals surface area contributed by atoms with Crippen LogP contribution < -0.4 is 5.19 Å². The molecule has 0 heterocycles. The molecule has 1 rings (SSSR count). The highest BCUT2D eigenvalue weighted by molar-refractivity contribution is 6.88. The largest absolute Gasteiger partial charge is 0.481 e. The molecule has 0 saturated heterocycles. The second-order valence-corrected chi connectivity index (χ2v) is 9.77. The molecule has 0 aromatic heterocycles. The maximum absolute atomic E-state index is 15.2. The quantitative estimate of drug-likeness (QED) is 0.657. The lowest BCUT2D eigenvalue weighted by Crippen LogP contribution is -2.49. The van der Waals surface area contributed by atoms with Gasteiger partial charge in [-0.25, -0.2) is 0 Å². The number of carboxylic acid groups (broad SMARTS) is 1. The number of hydrogen-bond donors (Lipinski definition) is 1. The molecule has 0 spiro atoms. The normalized spacial score (nSPS) is 12.2. The third-order valence-electron chi connectivity index (χ3n) is 3.43. The summed E-state index contributed by atoms with van der Waals surface area (Å²) >= 11 is 0. The van der Waals surface area contributed by atoms with E-state index in [0.717, 1.165) is 10.8 Å². The van der Waals surface area contributed by atoms with Crippen LogP contribution in [0, 0.1) is 0 Å². The molecule has 1 aromatic rings. The van der Waals surface area contributed by atoms with Crippen LogP contribution in [0.1, 0.15) is 33.3 Å². The highest BCUT2D eigenvalue weighted by Crippen LogP contribution is 2.33. The highest BCUT2D eigenvalue weighted by Gasteiger charge is 2.43. The summed E-state index contributed by atoms with van der Waals surface area (Å²) in [6.07, 6.45) is -0.00945. The van der Waals surface area contributed by atoms with E-state index in [1.807, 2.05) is 27.7 Å². The van der Waals surface area contributed by atoms with E-state index in [1.165, 1.54) is 0 Å². The first-order chi connectivity index (χ1) is 8.28. The van der Waals surface area contributed by atoms with Gasteiger partial charge in [0.05, 0.1) is 6.42 Å². The van der Waals surface area contributed by atoms with Gasteiger partial charge in [0, 0.05) is 0 Å². The van der Waals surface area contributed by atoms with E-state index >= 15 is 4.11 Å². The minimum absolute atomic E-state index is 0.00945. The summed E-state index contributed by atoms with van der Waals surface area (Å²) in [6.45, 7) is 7.71. The van der Waals surface area contributed by atoms with Gasteiger partial charge in [0.15, 0.2) is 0 Å². The van der Waals surface area contributed by atoms with Crippen molar-refractivity contribution in [3.63, 3.8) is 0 Å². The molecule has 0 fully saturated rings. The molecule has 100 valence electrons. The fourth-order valence-corrected chi connectivity index (χ4v) is 5.73. The fourth-order valence-electron chi connectivity index (χ4n) is 2.39. The zero-order valence-electron chi connectivity index (χ0n) is 11.4. The molecule has 0 saturated carbocycles. The van der Waals surface area contributed by atoms with Crippen LogP contribution in [-0.4, -0.2) is 19.5 Å². The van der Waals surface area contributed by atoms with Crippen molar-refractivity contribution in [2.75, 3.05) is 0 Å². The van der Waals surface area contributed by atoms with Crippen molar-refractivity contribution in [2.24, 2.45) is 0 Å². The number of rotatable bonds is 5. The van der Waals surface area contributed by atoms with Crippen molar-refractivity contribution in [3.05, 3.63) is 29.8 Å². The van der Waals surface area contributed by atoms with Crippen LogP contribution in [0.15, 0.2) is 24.3 Å². The average Bonchev–Trinajstić information content (AvgIpc) is 2.27. The van der Waals surface area contributed by atoms with Crippen LogP contribution in [0.2, 0.25) is 11.1 Å². The van der Waals surface area contributed by atoms with Crippen molar-refractivity contribution >= 4 is 19.6 Å². The van der Waals surface area contributed by atoms with Gasteiger partial charge in [0.2, 0.25) is 0 Å². The van der Waals surface area contributed by atoms with Crippen molar-refractivity contribution < 1.29 is 14.0 Å². The molecule has 0 bridgehead atoms. The van der Waals surface area contributed by atoms with Crippen molar-refractivity contribution in [1.29, 1.82) is 0 Å². The maximum atomic E-state index is 15.2. The van der Waals surface area contributed by atoms with Crippen molar-refractivity contribution in [2.45, 2.75) is 45.2 Å². The third-order valence-corrected chi connectivity index (χ3v) is 8.01. The molecule has 0 aliphatic carbocycles. The molecule has 0 unspecified atom stereocenters. The molecule has 4 heteroatoms. The van der Waals surface area contributed by atoms with Gasteiger partial charge < -0.3 is 9.21 Å². The standard InChI is InChI=1S/C14H21FO2Si/c1-10(2)18(15,11(3)4)13-7-5-12(6-8-13)9-14(16)17/h5-8,10-11H,9H2,1-4H3,(H,16,17). The molecule has 0 amide bonds. The minimum Gasteiger partial charge on any atom is -0.481 e. The Bertz CT molecular complexity index is 404. The maximum Gasteiger partial charge on any atom is 0.307 e. The number of hydrogen-bond acceptors (Lipinski definition) is 1. The predicted molar refractivity (Wildman–Crippen MR) is 74.5 cm³/mol. The molecular weight excluding hydrogens is 247 g/mol. The third kappa shape index (κ3) is 2.99.